The average Bonchev–Trinajstić information content (AvgIpc) is 3.05. The van der Waals surface area contributed by atoms with Gasteiger partial charge in [0.1, 0.15) is 5.76 Å². The summed E-state index contributed by atoms with van der Waals surface area (Å²) in [5, 5.41) is 3.42. The van der Waals surface area contributed by atoms with Gasteiger partial charge in [-0.1, -0.05) is 29.8 Å². The van der Waals surface area contributed by atoms with Gasteiger partial charge in [-0.25, -0.2) is 0 Å². The molecule has 0 aliphatic rings. The van der Waals surface area contributed by atoms with Crippen molar-refractivity contribution >= 4 is 35.0 Å². The Kier molecular flexibility index (Phi) is 4.74. The zero-order valence-electron chi connectivity index (χ0n) is 12.4. The summed E-state index contributed by atoms with van der Waals surface area (Å²) in [6.07, 6.45) is 1.99. The molecule has 3 nitrogen and oxygen atoms in total. The molecular formula is C18H14ClNO2S. The summed E-state index contributed by atoms with van der Waals surface area (Å²) in [7, 11) is 0. The normalized spacial score (nSPS) is 10.5. The van der Waals surface area contributed by atoms with Gasteiger partial charge < -0.3 is 9.73 Å². The molecule has 0 atom stereocenters. The van der Waals surface area contributed by atoms with Crippen LogP contribution in [-0.2, 0) is 0 Å². The summed E-state index contributed by atoms with van der Waals surface area (Å²) < 4.78 is 5.64. The lowest BCUT2D eigenvalue weighted by molar-refractivity contribution is 0.0997. The maximum Gasteiger partial charge on any atom is 0.291 e. The summed E-state index contributed by atoms with van der Waals surface area (Å²) >= 11 is 7.77. The second-order valence-electron chi connectivity index (χ2n) is 4.83. The Morgan fingerprint density at radius 2 is 1.91 bits per heavy atom. The molecular weight excluding hydrogens is 330 g/mol. The Morgan fingerprint density at radius 1 is 1.09 bits per heavy atom. The minimum Gasteiger partial charge on any atom is -0.451 e. The quantitative estimate of drug-likeness (QED) is 0.629. The molecule has 116 valence electrons. The van der Waals surface area contributed by atoms with E-state index in [4.69, 9.17) is 16.0 Å². The Labute approximate surface area is 143 Å². The molecule has 0 aliphatic carbocycles. The van der Waals surface area contributed by atoms with Gasteiger partial charge in [0.2, 0.25) is 0 Å². The number of carbonyl (C=O) groups excluding carboxylic acids is 1. The highest BCUT2D eigenvalue weighted by Crippen LogP contribution is 2.29. The van der Waals surface area contributed by atoms with Crippen LogP contribution in [0.1, 0.15) is 10.6 Å². The van der Waals surface area contributed by atoms with Crippen LogP contribution in [0.25, 0.3) is 11.3 Å². The number of anilines is 1. The Morgan fingerprint density at radius 3 is 2.70 bits per heavy atom. The first-order valence-corrected chi connectivity index (χ1v) is 8.58. The molecule has 0 saturated heterocycles. The van der Waals surface area contributed by atoms with Crippen LogP contribution in [0.15, 0.2) is 70.0 Å². The standard InChI is InChI=1S/C18H14ClNO2S/c1-23-13-6-4-5-12(11-13)20-18(21)17-10-9-16(22-17)14-7-2-3-8-15(14)19/h2-11H,1H3,(H,20,21). The van der Waals surface area contributed by atoms with E-state index in [0.29, 0.717) is 10.8 Å². The monoisotopic (exact) mass is 343 g/mol. The van der Waals surface area contributed by atoms with Gasteiger partial charge in [0.15, 0.2) is 5.76 Å². The summed E-state index contributed by atoms with van der Waals surface area (Å²) in [6, 6.07) is 18.4. The number of hydrogen-bond donors (Lipinski definition) is 1. The van der Waals surface area contributed by atoms with E-state index in [9.17, 15) is 4.79 Å². The Balaban J connectivity index is 1.80. The fraction of sp³-hybridized carbons (Fsp3) is 0.0556. The molecule has 1 amide bonds. The van der Waals surface area contributed by atoms with Gasteiger partial charge in [0.05, 0.1) is 5.02 Å². The molecule has 0 radical (unpaired) electrons. The number of rotatable bonds is 4. The van der Waals surface area contributed by atoms with E-state index >= 15 is 0 Å². The molecule has 0 unspecified atom stereocenters. The molecule has 0 spiro atoms. The molecule has 1 heterocycles. The second-order valence-corrected chi connectivity index (χ2v) is 6.12. The molecule has 23 heavy (non-hydrogen) atoms. The molecule has 0 saturated carbocycles. The van der Waals surface area contributed by atoms with Crippen LogP contribution in [0.2, 0.25) is 5.02 Å². The van der Waals surface area contributed by atoms with Gasteiger partial charge in [-0.15, -0.1) is 11.8 Å². The van der Waals surface area contributed by atoms with Crippen LogP contribution >= 0.6 is 23.4 Å². The van der Waals surface area contributed by atoms with Crippen LogP contribution in [0.5, 0.6) is 0 Å². The number of benzene rings is 2. The van der Waals surface area contributed by atoms with Crippen molar-refractivity contribution < 1.29 is 9.21 Å². The van der Waals surface area contributed by atoms with Crippen molar-refractivity contribution in [2.75, 3.05) is 11.6 Å². The average molecular weight is 344 g/mol. The van der Waals surface area contributed by atoms with Crippen molar-refractivity contribution in [1.82, 2.24) is 0 Å². The maximum atomic E-state index is 12.3. The fourth-order valence-electron chi connectivity index (χ4n) is 2.16. The van der Waals surface area contributed by atoms with E-state index in [1.54, 1.807) is 30.0 Å². The number of halogens is 1. The highest BCUT2D eigenvalue weighted by molar-refractivity contribution is 7.98. The van der Waals surface area contributed by atoms with Gasteiger partial charge in [0.25, 0.3) is 5.91 Å². The van der Waals surface area contributed by atoms with E-state index in [-0.39, 0.29) is 11.7 Å². The lowest BCUT2D eigenvalue weighted by atomic mass is 10.2. The van der Waals surface area contributed by atoms with E-state index in [2.05, 4.69) is 5.32 Å². The van der Waals surface area contributed by atoms with E-state index in [0.717, 1.165) is 16.1 Å². The SMILES string of the molecule is CSc1cccc(NC(=O)c2ccc(-c3ccccc3Cl)o2)c1. The molecule has 0 aliphatic heterocycles. The van der Waals surface area contributed by atoms with Crippen molar-refractivity contribution in [2.45, 2.75) is 4.90 Å². The highest BCUT2D eigenvalue weighted by Gasteiger charge is 2.14. The lowest BCUT2D eigenvalue weighted by Gasteiger charge is -2.05. The number of hydrogen-bond acceptors (Lipinski definition) is 3. The number of furan rings is 1. The molecule has 0 bridgehead atoms. The van der Waals surface area contributed by atoms with Gasteiger partial charge in [-0.3, -0.25) is 4.79 Å². The molecule has 5 heteroatoms. The van der Waals surface area contributed by atoms with Gasteiger partial charge in [0, 0.05) is 16.1 Å². The number of nitrogens with one attached hydrogen (secondary N) is 1. The zero-order chi connectivity index (χ0) is 16.2. The van der Waals surface area contributed by atoms with E-state index < -0.39 is 0 Å². The third-order valence-electron chi connectivity index (χ3n) is 3.30. The van der Waals surface area contributed by atoms with Crippen LogP contribution in [0.3, 0.4) is 0 Å². The van der Waals surface area contributed by atoms with Crippen molar-refractivity contribution in [1.29, 1.82) is 0 Å². The number of amides is 1. The van der Waals surface area contributed by atoms with Gasteiger partial charge in [-0.05, 0) is 48.7 Å². The third-order valence-corrected chi connectivity index (χ3v) is 4.35. The smallest absolute Gasteiger partial charge is 0.291 e. The number of carbonyl (C=O) groups is 1. The Bertz CT molecular complexity index is 844. The fourth-order valence-corrected chi connectivity index (χ4v) is 2.85. The second kappa shape index (κ2) is 6.94. The van der Waals surface area contributed by atoms with Crippen molar-refractivity contribution in [2.24, 2.45) is 0 Å². The Hall–Kier alpha value is -2.17. The molecule has 0 fully saturated rings. The predicted molar refractivity (Wildman–Crippen MR) is 95.3 cm³/mol. The van der Waals surface area contributed by atoms with E-state index in [1.807, 2.05) is 48.7 Å². The molecule has 2 aromatic carbocycles. The first-order valence-electron chi connectivity index (χ1n) is 6.97. The maximum absolute atomic E-state index is 12.3. The summed E-state index contributed by atoms with van der Waals surface area (Å²) in [4.78, 5) is 13.4. The minimum absolute atomic E-state index is 0.245. The predicted octanol–water partition coefficient (Wildman–Crippen LogP) is 5.57. The third kappa shape index (κ3) is 3.60. The van der Waals surface area contributed by atoms with Crippen LogP contribution < -0.4 is 5.32 Å². The summed E-state index contributed by atoms with van der Waals surface area (Å²) in [5.74, 6) is 0.523. The lowest BCUT2D eigenvalue weighted by Crippen LogP contribution is -2.10. The zero-order valence-corrected chi connectivity index (χ0v) is 13.9. The molecule has 1 aromatic heterocycles. The number of thioether (sulfide) groups is 1. The van der Waals surface area contributed by atoms with E-state index in [1.165, 1.54) is 0 Å². The first kappa shape index (κ1) is 15.7. The topological polar surface area (TPSA) is 42.2 Å². The summed E-state index contributed by atoms with van der Waals surface area (Å²) in [6.45, 7) is 0. The van der Waals surface area contributed by atoms with Crippen molar-refractivity contribution in [3.63, 3.8) is 0 Å². The van der Waals surface area contributed by atoms with Gasteiger partial charge in [-0.2, -0.15) is 0 Å². The van der Waals surface area contributed by atoms with Crippen LogP contribution in [0.4, 0.5) is 5.69 Å². The van der Waals surface area contributed by atoms with Crippen LogP contribution in [0, 0.1) is 0 Å². The van der Waals surface area contributed by atoms with Gasteiger partial charge >= 0.3 is 0 Å². The first-order chi connectivity index (χ1) is 11.2. The largest absolute Gasteiger partial charge is 0.451 e. The van der Waals surface area contributed by atoms with Crippen LogP contribution in [-0.4, -0.2) is 12.2 Å². The molecule has 3 aromatic rings. The van der Waals surface area contributed by atoms with Crippen molar-refractivity contribution in [3.8, 4) is 11.3 Å². The molecule has 3 rings (SSSR count). The minimum atomic E-state index is -0.290. The highest BCUT2D eigenvalue weighted by atomic mass is 35.5. The molecule has 1 N–H and O–H groups in total. The summed E-state index contributed by atoms with van der Waals surface area (Å²) in [5.41, 5.74) is 1.50. The van der Waals surface area contributed by atoms with Crippen molar-refractivity contribution in [3.05, 3.63) is 71.4 Å².